The van der Waals surface area contributed by atoms with Crippen LogP contribution in [0.15, 0.2) is 37.6 Å². The quantitative estimate of drug-likeness (QED) is 0.111. The van der Waals surface area contributed by atoms with Crippen LogP contribution >= 0.6 is 0 Å². The number of carbonyl (C=O) groups excluding carboxylic acids is 4. The predicted molar refractivity (Wildman–Crippen MR) is 129 cm³/mol. The van der Waals surface area contributed by atoms with Gasteiger partial charge in [0.2, 0.25) is 23.6 Å². The molecule has 3 aromatic heterocycles. The van der Waals surface area contributed by atoms with E-state index < -0.39 is 54.3 Å². The zero-order chi connectivity index (χ0) is 27.5. The monoisotopic (exact) mass is 528 g/mol. The number of carboxylic acid groups (broad SMARTS) is 1. The fraction of sp³-hybridized carbons (Fsp3) is 0.364. The first kappa shape index (κ1) is 27.6. The number of nitrogens with zero attached hydrogens (tertiary/aromatic N) is 3. The Morgan fingerprint density at radius 3 is 1.63 bits per heavy atom. The number of carboxylic acids is 1. The number of aromatic nitrogens is 6. The second-order valence-electron chi connectivity index (χ2n) is 8.33. The minimum atomic E-state index is -1.26. The van der Waals surface area contributed by atoms with Gasteiger partial charge in [0.05, 0.1) is 25.5 Å². The Bertz CT molecular complexity index is 1210. The van der Waals surface area contributed by atoms with Crippen LogP contribution in [0.5, 0.6) is 0 Å². The highest BCUT2D eigenvalue weighted by Gasteiger charge is 2.28. The van der Waals surface area contributed by atoms with E-state index in [2.05, 4.69) is 51.2 Å². The van der Waals surface area contributed by atoms with Gasteiger partial charge in [-0.3, -0.25) is 19.2 Å². The molecular formula is C22H28N10O6. The van der Waals surface area contributed by atoms with Crippen LogP contribution < -0.4 is 21.3 Å². The zero-order valence-electron chi connectivity index (χ0n) is 20.4. The average molecular weight is 529 g/mol. The number of aliphatic carboxylic acids is 1. The molecule has 3 heterocycles. The van der Waals surface area contributed by atoms with Gasteiger partial charge in [0, 0.05) is 61.9 Å². The molecule has 38 heavy (non-hydrogen) atoms. The lowest BCUT2D eigenvalue weighted by atomic mass is 10.1. The summed E-state index contributed by atoms with van der Waals surface area (Å²) in [4.78, 5) is 81.7. The first-order chi connectivity index (χ1) is 18.2. The summed E-state index contributed by atoms with van der Waals surface area (Å²) < 4.78 is 0. The van der Waals surface area contributed by atoms with Crippen LogP contribution in [0.1, 0.15) is 24.0 Å². The van der Waals surface area contributed by atoms with Gasteiger partial charge in [0.25, 0.3) is 0 Å². The van der Waals surface area contributed by atoms with E-state index in [1.54, 1.807) is 0 Å². The van der Waals surface area contributed by atoms with Gasteiger partial charge >= 0.3 is 5.97 Å². The van der Waals surface area contributed by atoms with Gasteiger partial charge in [-0.05, 0) is 0 Å². The summed E-state index contributed by atoms with van der Waals surface area (Å²) in [6.07, 6.45) is 8.71. The lowest BCUT2D eigenvalue weighted by Gasteiger charge is -2.22. The van der Waals surface area contributed by atoms with Crippen molar-refractivity contribution in [2.45, 2.75) is 44.3 Å². The number of amides is 4. The number of rotatable bonds is 14. The first-order valence-electron chi connectivity index (χ1n) is 11.5. The molecule has 0 radical (unpaired) electrons. The largest absolute Gasteiger partial charge is 0.480 e. The predicted octanol–water partition coefficient (Wildman–Crippen LogP) is -2.44. The molecule has 4 amide bonds. The fourth-order valence-electron chi connectivity index (χ4n) is 3.52. The van der Waals surface area contributed by atoms with Crippen LogP contribution in [0.3, 0.4) is 0 Å². The third-order valence-electron chi connectivity index (χ3n) is 5.32. The van der Waals surface area contributed by atoms with Crippen LogP contribution in [0.25, 0.3) is 0 Å². The first-order valence-corrected chi connectivity index (χ1v) is 11.5. The molecule has 0 aliphatic rings. The molecule has 3 rings (SSSR count). The van der Waals surface area contributed by atoms with Crippen molar-refractivity contribution in [2.24, 2.45) is 0 Å². The average Bonchev–Trinajstić information content (AvgIpc) is 3.65. The minimum absolute atomic E-state index is 0.00756. The minimum Gasteiger partial charge on any atom is -0.480 e. The summed E-state index contributed by atoms with van der Waals surface area (Å²) in [5.41, 5.74) is 1.63. The van der Waals surface area contributed by atoms with Crippen molar-refractivity contribution in [3.8, 4) is 0 Å². The van der Waals surface area contributed by atoms with E-state index in [0.717, 1.165) is 0 Å². The summed E-state index contributed by atoms with van der Waals surface area (Å²) in [7, 11) is 0. The molecule has 0 spiro atoms. The van der Waals surface area contributed by atoms with Crippen molar-refractivity contribution < 1.29 is 29.1 Å². The van der Waals surface area contributed by atoms with Crippen molar-refractivity contribution in [1.29, 1.82) is 0 Å². The van der Waals surface area contributed by atoms with E-state index in [4.69, 9.17) is 0 Å². The van der Waals surface area contributed by atoms with Crippen molar-refractivity contribution in [1.82, 2.24) is 51.2 Å². The summed E-state index contributed by atoms with van der Waals surface area (Å²) in [6.45, 7) is 0.724. The van der Waals surface area contributed by atoms with Crippen molar-refractivity contribution in [3.63, 3.8) is 0 Å². The molecule has 0 aliphatic heterocycles. The third-order valence-corrected chi connectivity index (χ3v) is 5.32. The van der Waals surface area contributed by atoms with E-state index in [9.17, 15) is 29.1 Å². The van der Waals surface area contributed by atoms with Crippen LogP contribution in [0.4, 0.5) is 0 Å². The second-order valence-corrected chi connectivity index (χ2v) is 8.33. The Kier molecular flexibility index (Phi) is 9.67. The molecule has 0 saturated carbocycles. The smallest absolute Gasteiger partial charge is 0.326 e. The highest BCUT2D eigenvalue weighted by Crippen LogP contribution is 2.04. The highest BCUT2D eigenvalue weighted by molar-refractivity contribution is 5.94. The number of aromatic amines is 3. The van der Waals surface area contributed by atoms with Crippen molar-refractivity contribution in [3.05, 3.63) is 54.7 Å². The van der Waals surface area contributed by atoms with Gasteiger partial charge in [-0.25, -0.2) is 19.7 Å². The SMILES string of the molecule is CC(=O)NC(Cc1cnc[nH]1)C(=O)NC(Cc1cnc[nH]1)C(=O)NCC(=O)NC(Cc1cnc[nH]1)C(=O)O. The summed E-state index contributed by atoms with van der Waals surface area (Å²) in [6, 6.07) is -3.40. The van der Waals surface area contributed by atoms with Gasteiger partial charge in [-0.15, -0.1) is 0 Å². The fourth-order valence-corrected chi connectivity index (χ4v) is 3.52. The van der Waals surface area contributed by atoms with E-state index in [-0.39, 0.29) is 19.3 Å². The number of hydrogen-bond donors (Lipinski definition) is 8. The Labute approximate surface area is 215 Å². The van der Waals surface area contributed by atoms with Crippen LogP contribution in [0, 0.1) is 0 Å². The molecule has 0 bridgehead atoms. The van der Waals surface area contributed by atoms with Gasteiger partial charge in [-0.2, -0.15) is 0 Å². The molecule has 16 nitrogen and oxygen atoms in total. The summed E-state index contributed by atoms with van der Waals surface area (Å²) in [5.74, 6) is -3.78. The Hall–Kier alpha value is -5.02. The van der Waals surface area contributed by atoms with Crippen LogP contribution in [0.2, 0.25) is 0 Å². The molecule has 3 unspecified atom stereocenters. The lowest BCUT2D eigenvalue weighted by molar-refractivity contribution is -0.141. The highest BCUT2D eigenvalue weighted by atomic mass is 16.4. The molecule has 0 saturated heterocycles. The number of H-pyrrole nitrogens is 3. The van der Waals surface area contributed by atoms with Crippen molar-refractivity contribution >= 4 is 29.6 Å². The number of nitrogens with one attached hydrogen (secondary N) is 7. The summed E-state index contributed by atoms with van der Waals surface area (Å²) >= 11 is 0. The number of hydrogen-bond acceptors (Lipinski definition) is 8. The molecule has 202 valence electrons. The Morgan fingerprint density at radius 2 is 1.21 bits per heavy atom. The van der Waals surface area contributed by atoms with E-state index >= 15 is 0 Å². The van der Waals surface area contributed by atoms with Crippen LogP contribution in [-0.2, 0) is 43.2 Å². The number of carbonyl (C=O) groups is 5. The van der Waals surface area contributed by atoms with E-state index in [1.165, 1.54) is 44.5 Å². The van der Waals surface area contributed by atoms with E-state index in [1.807, 2.05) is 0 Å². The molecule has 3 aromatic rings. The third kappa shape index (κ3) is 8.58. The molecule has 3 atom stereocenters. The normalized spacial score (nSPS) is 13.1. The maximum absolute atomic E-state index is 13.0. The van der Waals surface area contributed by atoms with Gasteiger partial charge in [-0.1, -0.05) is 0 Å². The van der Waals surface area contributed by atoms with Gasteiger partial charge in [0.15, 0.2) is 0 Å². The molecule has 16 heteroatoms. The molecule has 8 N–H and O–H groups in total. The van der Waals surface area contributed by atoms with Crippen molar-refractivity contribution in [2.75, 3.05) is 6.54 Å². The lowest BCUT2D eigenvalue weighted by Crippen LogP contribution is -2.56. The second kappa shape index (κ2) is 13.3. The molecular weight excluding hydrogens is 500 g/mol. The zero-order valence-corrected chi connectivity index (χ0v) is 20.4. The molecule has 0 aliphatic carbocycles. The molecule has 0 aromatic carbocycles. The molecule has 0 fully saturated rings. The number of imidazole rings is 3. The maximum Gasteiger partial charge on any atom is 0.326 e. The topological polar surface area (TPSA) is 240 Å². The van der Waals surface area contributed by atoms with Gasteiger partial charge < -0.3 is 41.3 Å². The Balaban J connectivity index is 1.63. The maximum atomic E-state index is 13.0. The standard InChI is InChI=1S/C22H28N10O6/c1-12(33)30-17(3-14-6-24-10-28-14)21(36)32-16(2-13-5-23-9-27-13)20(35)26-8-19(34)31-18(22(37)38)4-15-7-25-11-29-15/h5-7,9-11,16-18H,2-4,8H2,1H3,(H,23,27)(H,24,28)(H,25,29)(H,26,35)(H,30,33)(H,31,34)(H,32,36)(H,37,38). The van der Waals surface area contributed by atoms with E-state index in [0.29, 0.717) is 17.1 Å². The Morgan fingerprint density at radius 1 is 0.737 bits per heavy atom. The van der Waals surface area contributed by atoms with Crippen LogP contribution in [-0.4, -0.2) is 89.3 Å². The van der Waals surface area contributed by atoms with Gasteiger partial charge in [0.1, 0.15) is 18.1 Å². The summed E-state index contributed by atoms with van der Waals surface area (Å²) in [5, 5.41) is 19.3.